The van der Waals surface area contributed by atoms with Gasteiger partial charge >= 0.3 is 0 Å². The van der Waals surface area contributed by atoms with Crippen LogP contribution in [0.4, 0.5) is 0 Å². The van der Waals surface area contributed by atoms with Gasteiger partial charge in [0.2, 0.25) is 0 Å². The van der Waals surface area contributed by atoms with Crippen LogP contribution in [0.3, 0.4) is 0 Å². The standard InChI is InChI=1S/C19H23NO6/c1-22-14-10-15(23-2)12-16(11-14)26-13-19(21)20-8-9-25-18-7-5-4-6-17(18)24-3/h4-7,10-12H,8-9,13H2,1-3H3,(H,20,21). The zero-order valence-electron chi connectivity index (χ0n) is 15.1. The molecule has 1 N–H and O–H groups in total. The zero-order chi connectivity index (χ0) is 18.8. The molecule has 0 aliphatic carbocycles. The highest BCUT2D eigenvalue weighted by Crippen LogP contribution is 2.27. The van der Waals surface area contributed by atoms with Crippen LogP contribution in [0.15, 0.2) is 42.5 Å². The molecular weight excluding hydrogens is 338 g/mol. The Labute approximate surface area is 152 Å². The number of carbonyl (C=O) groups excluding carboxylic acids is 1. The second-order valence-electron chi connectivity index (χ2n) is 5.19. The molecular formula is C19H23NO6. The van der Waals surface area contributed by atoms with Crippen molar-refractivity contribution in [2.45, 2.75) is 0 Å². The van der Waals surface area contributed by atoms with Crippen LogP contribution in [0.25, 0.3) is 0 Å². The molecule has 2 aromatic rings. The molecule has 0 aliphatic heterocycles. The van der Waals surface area contributed by atoms with Gasteiger partial charge in [0.25, 0.3) is 5.91 Å². The van der Waals surface area contributed by atoms with Crippen molar-refractivity contribution in [1.29, 1.82) is 0 Å². The number of carbonyl (C=O) groups is 1. The molecule has 2 rings (SSSR count). The number of ether oxygens (including phenoxy) is 5. The van der Waals surface area contributed by atoms with Gasteiger partial charge in [0.1, 0.15) is 23.9 Å². The summed E-state index contributed by atoms with van der Waals surface area (Å²) in [5.41, 5.74) is 0. The summed E-state index contributed by atoms with van der Waals surface area (Å²) in [4.78, 5) is 11.9. The molecule has 7 heteroatoms. The topological polar surface area (TPSA) is 75.3 Å². The van der Waals surface area contributed by atoms with Crippen molar-refractivity contribution in [2.24, 2.45) is 0 Å². The first kappa shape index (κ1) is 19.2. The van der Waals surface area contributed by atoms with Crippen LogP contribution >= 0.6 is 0 Å². The Bertz CT molecular complexity index is 697. The number of benzene rings is 2. The fourth-order valence-corrected chi connectivity index (χ4v) is 2.15. The largest absolute Gasteiger partial charge is 0.496 e. The van der Waals surface area contributed by atoms with Gasteiger partial charge in [-0.3, -0.25) is 4.79 Å². The lowest BCUT2D eigenvalue weighted by Crippen LogP contribution is -2.32. The van der Waals surface area contributed by atoms with Gasteiger partial charge in [0, 0.05) is 18.2 Å². The van der Waals surface area contributed by atoms with Gasteiger partial charge in [-0.1, -0.05) is 12.1 Å². The molecule has 0 atom stereocenters. The van der Waals surface area contributed by atoms with Crippen molar-refractivity contribution in [2.75, 3.05) is 41.1 Å². The number of nitrogens with one attached hydrogen (secondary N) is 1. The van der Waals surface area contributed by atoms with E-state index >= 15 is 0 Å². The van der Waals surface area contributed by atoms with E-state index in [1.54, 1.807) is 45.6 Å². The quantitative estimate of drug-likeness (QED) is 0.655. The first-order valence-electron chi connectivity index (χ1n) is 8.04. The molecule has 0 unspecified atom stereocenters. The van der Waals surface area contributed by atoms with Gasteiger partial charge in [-0.05, 0) is 12.1 Å². The molecule has 140 valence electrons. The number of amides is 1. The van der Waals surface area contributed by atoms with Crippen molar-refractivity contribution in [3.8, 4) is 28.7 Å². The molecule has 0 radical (unpaired) electrons. The first-order valence-corrected chi connectivity index (χ1v) is 8.04. The van der Waals surface area contributed by atoms with Crippen LogP contribution in [0, 0.1) is 0 Å². The molecule has 0 bridgehead atoms. The summed E-state index contributed by atoms with van der Waals surface area (Å²) >= 11 is 0. The van der Waals surface area contributed by atoms with E-state index in [-0.39, 0.29) is 12.5 Å². The van der Waals surface area contributed by atoms with Crippen LogP contribution in [-0.2, 0) is 4.79 Å². The summed E-state index contributed by atoms with van der Waals surface area (Å²) in [6.45, 7) is 0.547. The second kappa shape index (κ2) is 10.0. The van der Waals surface area contributed by atoms with Crippen molar-refractivity contribution in [1.82, 2.24) is 5.32 Å². The Morgan fingerprint density at radius 1 is 0.846 bits per heavy atom. The van der Waals surface area contributed by atoms with E-state index in [1.165, 1.54) is 0 Å². The van der Waals surface area contributed by atoms with Crippen LogP contribution in [-0.4, -0.2) is 47.0 Å². The SMILES string of the molecule is COc1cc(OC)cc(OCC(=O)NCCOc2ccccc2OC)c1. The molecule has 0 aromatic heterocycles. The smallest absolute Gasteiger partial charge is 0.258 e. The summed E-state index contributed by atoms with van der Waals surface area (Å²) < 4.78 is 26.6. The van der Waals surface area contributed by atoms with Crippen molar-refractivity contribution in [3.05, 3.63) is 42.5 Å². The maximum absolute atomic E-state index is 11.9. The van der Waals surface area contributed by atoms with E-state index in [4.69, 9.17) is 23.7 Å². The zero-order valence-corrected chi connectivity index (χ0v) is 15.1. The molecule has 26 heavy (non-hydrogen) atoms. The summed E-state index contributed by atoms with van der Waals surface area (Å²) in [6, 6.07) is 12.4. The summed E-state index contributed by atoms with van der Waals surface area (Å²) in [5.74, 6) is 2.69. The minimum Gasteiger partial charge on any atom is -0.496 e. The van der Waals surface area contributed by atoms with E-state index in [1.807, 2.05) is 18.2 Å². The van der Waals surface area contributed by atoms with Gasteiger partial charge in [-0.25, -0.2) is 0 Å². The molecule has 0 spiro atoms. The maximum atomic E-state index is 11.9. The Balaban J connectivity index is 1.74. The molecule has 0 heterocycles. The van der Waals surface area contributed by atoms with Gasteiger partial charge in [-0.15, -0.1) is 0 Å². The van der Waals surface area contributed by atoms with Crippen molar-refractivity contribution >= 4 is 5.91 Å². The third kappa shape index (κ3) is 5.77. The lowest BCUT2D eigenvalue weighted by molar-refractivity contribution is -0.123. The van der Waals surface area contributed by atoms with E-state index in [9.17, 15) is 4.79 Å². The third-order valence-corrected chi connectivity index (χ3v) is 3.45. The van der Waals surface area contributed by atoms with Crippen LogP contribution in [0.5, 0.6) is 28.7 Å². The third-order valence-electron chi connectivity index (χ3n) is 3.45. The van der Waals surface area contributed by atoms with Gasteiger partial charge < -0.3 is 29.0 Å². The minimum atomic E-state index is -0.254. The van der Waals surface area contributed by atoms with Crippen LogP contribution in [0.1, 0.15) is 0 Å². The molecule has 7 nitrogen and oxygen atoms in total. The molecule has 0 saturated carbocycles. The highest BCUT2D eigenvalue weighted by atomic mass is 16.5. The summed E-state index contributed by atoms with van der Waals surface area (Å²) in [7, 11) is 4.68. The molecule has 1 amide bonds. The van der Waals surface area contributed by atoms with Crippen molar-refractivity contribution in [3.63, 3.8) is 0 Å². The Morgan fingerprint density at radius 2 is 1.46 bits per heavy atom. The maximum Gasteiger partial charge on any atom is 0.258 e. The lowest BCUT2D eigenvalue weighted by Gasteiger charge is -2.12. The average molecular weight is 361 g/mol. The van der Waals surface area contributed by atoms with Gasteiger partial charge in [0.05, 0.1) is 27.9 Å². The van der Waals surface area contributed by atoms with E-state index in [0.717, 1.165) is 0 Å². The monoisotopic (exact) mass is 361 g/mol. The van der Waals surface area contributed by atoms with Gasteiger partial charge in [-0.2, -0.15) is 0 Å². The highest BCUT2D eigenvalue weighted by molar-refractivity contribution is 5.77. The summed E-state index contributed by atoms with van der Waals surface area (Å²) in [5, 5.41) is 2.73. The molecule has 2 aromatic carbocycles. The fourth-order valence-electron chi connectivity index (χ4n) is 2.15. The number of rotatable bonds is 10. The molecule has 0 aliphatic rings. The Morgan fingerprint density at radius 3 is 2.08 bits per heavy atom. The normalized spacial score (nSPS) is 9.96. The highest BCUT2D eigenvalue weighted by Gasteiger charge is 2.07. The fraction of sp³-hybridized carbons (Fsp3) is 0.316. The number of para-hydroxylation sites is 2. The van der Waals surface area contributed by atoms with Crippen molar-refractivity contribution < 1.29 is 28.5 Å². The van der Waals surface area contributed by atoms with E-state index in [2.05, 4.69) is 5.32 Å². The minimum absolute atomic E-state index is 0.120. The Hall–Kier alpha value is -3.09. The molecule has 0 fully saturated rings. The van der Waals surface area contributed by atoms with E-state index < -0.39 is 0 Å². The van der Waals surface area contributed by atoms with E-state index in [0.29, 0.717) is 41.9 Å². The predicted octanol–water partition coefficient (Wildman–Crippen LogP) is 2.29. The predicted molar refractivity (Wildman–Crippen MR) is 96.5 cm³/mol. The Kier molecular flexibility index (Phi) is 7.42. The number of hydrogen-bond donors (Lipinski definition) is 1. The second-order valence-corrected chi connectivity index (χ2v) is 5.19. The van der Waals surface area contributed by atoms with Crippen LogP contribution < -0.4 is 29.0 Å². The first-order chi connectivity index (χ1) is 12.7. The lowest BCUT2D eigenvalue weighted by atomic mass is 10.3. The number of hydrogen-bond acceptors (Lipinski definition) is 6. The van der Waals surface area contributed by atoms with Crippen LogP contribution in [0.2, 0.25) is 0 Å². The number of methoxy groups -OCH3 is 3. The van der Waals surface area contributed by atoms with Gasteiger partial charge in [0.15, 0.2) is 18.1 Å². The summed E-state index contributed by atoms with van der Waals surface area (Å²) in [6.07, 6.45) is 0. The molecule has 0 saturated heterocycles. The average Bonchev–Trinajstić information content (AvgIpc) is 2.69.